The van der Waals surface area contributed by atoms with Crippen LogP contribution in [0.1, 0.15) is 104 Å². The monoisotopic (exact) mass is 1120 g/mol. The summed E-state index contributed by atoms with van der Waals surface area (Å²) in [7, 11) is 0. The fourth-order valence-electron chi connectivity index (χ4n) is 8.41. The van der Waals surface area contributed by atoms with Crippen LogP contribution in [-0.4, -0.2) is 32.8 Å². The van der Waals surface area contributed by atoms with Crippen LogP contribution >= 0.6 is 11.3 Å². The van der Waals surface area contributed by atoms with Crippen LogP contribution in [0.4, 0.5) is 4.39 Å². The summed E-state index contributed by atoms with van der Waals surface area (Å²) in [4.78, 5) is 15.9. The number of halogens is 1. The van der Waals surface area contributed by atoms with Crippen LogP contribution in [0.2, 0.25) is 17.3 Å². The van der Waals surface area contributed by atoms with E-state index in [0.717, 1.165) is 70.8 Å². The SMILES string of the molecule is CC(C)c1cc(C(C)(C)C)cc(C(C)C)c1-n1c(-c2[c-]ccc3c2sc2nc(-c4ccc(F)cc4)ccc23)nc2ccccc21.[2H]C(C)(C)c1cc(-c2[c-]cccc2)nc[c]1[Ge]([CH3])([CH3])[CH3].[Ir]. The molecule has 0 amide bonds. The van der Waals surface area contributed by atoms with E-state index in [1.807, 2.05) is 56.4 Å². The van der Waals surface area contributed by atoms with Crippen molar-refractivity contribution in [3.63, 3.8) is 0 Å². The molecule has 0 aliphatic heterocycles. The normalized spacial score (nSPS) is 12.4. The van der Waals surface area contributed by atoms with Gasteiger partial charge in [-0.3, -0.25) is 4.98 Å². The van der Waals surface area contributed by atoms with Crippen LogP contribution in [0.5, 0.6) is 0 Å². The van der Waals surface area contributed by atoms with Crippen molar-refractivity contribution >= 4 is 60.3 Å². The largest absolute Gasteiger partial charge is 0 e. The third-order valence-electron chi connectivity index (χ3n) is 12.0. The second-order valence-corrected chi connectivity index (χ2v) is 31.3. The summed E-state index contributed by atoms with van der Waals surface area (Å²) in [5.41, 5.74) is 13.0. The van der Waals surface area contributed by atoms with Gasteiger partial charge in [0.05, 0.1) is 22.6 Å². The van der Waals surface area contributed by atoms with E-state index in [1.165, 1.54) is 38.9 Å². The summed E-state index contributed by atoms with van der Waals surface area (Å²) in [5.74, 6) is 7.71. The van der Waals surface area contributed by atoms with Crippen molar-refractivity contribution in [3.8, 4) is 39.6 Å². The van der Waals surface area contributed by atoms with Crippen LogP contribution < -0.4 is 4.40 Å². The zero-order chi connectivity index (χ0) is 46.6. The molecular weight excluding hydrogens is 1060 g/mol. The maximum atomic E-state index is 13.6. The molecule has 8 heteroatoms. The quantitative estimate of drug-likeness (QED) is 0.112. The Morgan fingerprint density at radius 2 is 1.40 bits per heavy atom. The average molecular weight is 1120 g/mol. The number of fused-ring (bicyclic) bond motifs is 4. The summed E-state index contributed by atoms with van der Waals surface area (Å²) < 4.78 is 26.9. The van der Waals surface area contributed by atoms with Gasteiger partial charge in [-0.1, -0.05) is 89.7 Å². The van der Waals surface area contributed by atoms with Gasteiger partial charge in [-0.15, -0.1) is 18.2 Å². The second kappa shape index (κ2) is 19.2. The van der Waals surface area contributed by atoms with Crippen LogP contribution in [0.25, 0.3) is 70.9 Å². The van der Waals surface area contributed by atoms with E-state index in [-0.39, 0.29) is 31.3 Å². The fraction of sp³-hybridized carbons (Fsp3) is 0.281. The number of hydrogen-bond acceptors (Lipinski definition) is 4. The second-order valence-electron chi connectivity index (χ2n) is 19.7. The molecule has 4 aromatic heterocycles. The van der Waals surface area contributed by atoms with Crippen LogP contribution in [0, 0.1) is 17.9 Å². The molecule has 1 radical (unpaired) electrons. The maximum absolute atomic E-state index is 13.6. The van der Waals surface area contributed by atoms with Gasteiger partial charge in [0.1, 0.15) is 10.6 Å². The number of aromatic nitrogens is 4. The van der Waals surface area contributed by atoms with E-state index in [0.29, 0.717) is 11.8 Å². The Bertz CT molecular complexity index is 3140. The van der Waals surface area contributed by atoms with Gasteiger partial charge in [-0.05, 0) is 86.5 Å². The minimum atomic E-state index is -2.03. The van der Waals surface area contributed by atoms with E-state index in [9.17, 15) is 4.39 Å². The van der Waals surface area contributed by atoms with Gasteiger partial charge in [0.15, 0.2) is 0 Å². The summed E-state index contributed by atoms with van der Waals surface area (Å²) in [6.07, 6.45) is 2.00. The molecule has 4 nitrogen and oxygen atoms in total. The summed E-state index contributed by atoms with van der Waals surface area (Å²) in [5, 5.41) is 2.23. The molecule has 0 spiro atoms. The molecule has 0 fully saturated rings. The maximum Gasteiger partial charge on any atom is 0 e. The molecule has 0 aliphatic carbocycles. The Labute approximate surface area is 406 Å². The van der Waals surface area contributed by atoms with Crippen molar-refractivity contribution in [2.24, 2.45) is 0 Å². The number of nitrogens with zero attached hydrogens (tertiary/aromatic N) is 4. The number of para-hydroxylation sites is 2. The molecule has 335 valence electrons. The predicted octanol–water partition coefficient (Wildman–Crippen LogP) is 15.8. The van der Waals surface area contributed by atoms with Crippen molar-refractivity contribution in [1.29, 1.82) is 0 Å². The molecule has 65 heavy (non-hydrogen) atoms. The zero-order valence-corrected chi connectivity index (χ0v) is 44.9. The summed E-state index contributed by atoms with van der Waals surface area (Å²) in [6.45, 7) is 19.9. The van der Waals surface area contributed by atoms with Gasteiger partial charge >= 0.3 is 120 Å². The molecule has 4 heterocycles. The first-order chi connectivity index (χ1) is 30.7. The number of benzene rings is 5. The van der Waals surface area contributed by atoms with Crippen molar-refractivity contribution < 1.29 is 25.9 Å². The summed E-state index contributed by atoms with van der Waals surface area (Å²) >= 11 is -0.360. The van der Waals surface area contributed by atoms with E-state index >= 15 is 0 Å². The van der Waals surface area contributed by atoms with Crippen molar-refractivity contribution in [1.82, 2.24) is 19.5 Å². The van der Waals surface area contributed by atoms with Crippen molar-refractivity contribution in [3.05, 3.63) is 162 Å². The van der Waals surface area contributed by atoms with E-state index < -0.39 is 19.2 Å². The first-order valence-electron chi connectivity index (χ1n) is 22.8. The Hall–Kier alpha value is -4.79. The number of pyridine rings is 2. The average Bonchev–Trinajstić information content (AvgIpc) is 3.84. The first-order valence-corrected chi connectivity index (χ1v) is 30.5. The molecule has 9 rings (SSSR count). The van der Waals surface area contributed by atoms with E-state index in [1.54, 1.807) is 23.5 Å². The van der Waals surface area contributed by atoms with Crippen molar-refractivity contribution in [2.75, 3.05) is 0 Å². The first kappa shape index (κ1) is 46.7. The van der Waals surface area contributed by atoms with E-state index in [2.05, 4.69) is 142 Å². The number of imidazole rings is 1. The molecule has 0 saturated heterocycles. The molecule has 9 aromatic rings. The Balaban J connectivity index is 0.000000260. The zero-order valence-electron chi connectivity index (χ0n) is 40.6. The van der Waals surface area contributed by atoms with Crippen LogP contribution in [0.3, 0.4) is 0 Å². The Morgan fingerprint density at radius 1 is 0.723 bits per heavy atom. The third-order valence-corrected chi connectivity index (χ3v) is 17.3. The van der Waals surface area contributed by atoms with Gasteiger partial charge in [0, 0.05) is 31.4 Å². The standard InChI is InChI=1S/C40H37FN3S.C17H22GeN.Ir/c1-23(2)31-21-26(40(5,6)7)22-32(24(3)4)36(31)44-35-14-9-8-13-34(35)42-38(44)30-12-10-11-28-29-19-20-33(43-39(29)45-37(28)30)25-15-17-27(41)18-16-25;1-13(2)15-11-17(14-9-7-6-8-10-14)19-12-16(15)18(3,4)5;/h8-11,13-24H,1-7H3;6-9,11-13H,1-5H3;/q2*-1;/i;13D;. The minimum Gasteiger partial charge on any atom is 0 e. The molecule has 0 aliphatic rings. The number of hydrogen-bond donors (Lipinski definition) is 0. The van der Waals surface area contributed by atoms with E-state index in [4.69, 9.17) is 11.3 Å². The van der Waals surface area contributed by atoms with Gasteiger partial charge < -0.3 is 4.57 Å². The molecule has 0 atom stereocenters. The molecular formula is C57H59FGeIrN4S-2. The Morgan fingerprint density at radius 3 is 2.02 bits per heavy atom. The predicted molar refractivity (Wildman–Crippen MR) is 274 cm³/mol. The molecule has 0 saturated carbocycles. The number of rotatable bonds is 8. The minimum absolute atomic E-state index is 0. The van der Waals surface area contributed by atoms with Gasteiger partial charge in [0.25, 0.3) is 0 Å². The van der Waals surface area contributed by atoms with Gasteiger partial charge in [-0.2, -0.15) is 11.3 Å². The summed E-state index contributed by atoms with van der Waals surface area (Å²) in [6, 6.07) is 44.8. The molecule has 0 N–H and O–H groups in total. The topological polar surface area (TPSA) is 43.6 Å². The molecule has 0 bridgehead atoms. The van der Waals surface area contributed by atoms with Crippen molar-refractivity contribution in [2.45, 2.75) is 103 Å². The third kappa shape index (κ3) is 9.86. The fourth-order valence-corrected chi connectivity index (χ4v) is 12.9. The van der Waals surface area contributed by atoms with Gasteiger partial charge in [0.2, 0.25) is 0 Å². The molecule has 0 unspecified atom stereocenters. The smallest absolute Gasteiger partial charge is 0 e. The van der Waals surface area contributed by atoms with Crippen LogP contribution in [0.15, 0.2) is 121 Å². The Kier molecular flexibility index (Phi) is 13.8. The van der Waals surface area contributed by atoms with Gasteiger partial charge in [-0.25, -0.2) is 9.37 Å². The number of thiophene rings is 1. The molecule has 5 aromatic carbocycles. The van der Waals surface area contributed by atoms with Crippen LogP contribution in [-0.2, 0) is 25.5 Å².